The third-order valence-corrected chi connectivity index (χ3v) is 4.85. The van der Waals surface area contributed by atoms with Crippen LogP contribution in [0.5, 0.6) is 17.2 Å². The molecule has 0 aliphatic carbocycles. The van der Waals surface area contributed by atoms with Crippen molar-refractivity contribution < 1.29 is 23.9 Å². The molecule has 1 amide bonds. The standard InChI is InChI=1S/C22H26N2O6/c1-14(2)22(16-5-8-19-20(12-16)29-10-4-9-28-19)23-21(25)13-30-17-6-7-18(24(26)27)15(3)11-17/h5-8,11-12,14,22H,4,9-10,13H2,1-3H3,(H,23,25)/t22-/m0/s1. The first-order chi connectivity index (χ1) is 14.3. The van der Waals surface area contributed by atoms with Crippen LogP contribution in [0.25, 0.3) is 0 Å². The molecule has 3 rings (SSSR count). The van der Waals surface area contributed by atoms with E-state index in [1.807, 2.05) is 32.0 Å². The summed E-state index contributed by atoms with van der Waals surface area (Å²) < 4.78 is 17.0. The number of nitro groups is 1. The van der Waals surface area contributed by atoms with Gasteiger partial charge >= 0.3 is 0 Å². The lowest BCUT2D eigenvalue weighted by molar-refractivity contribution is -0.385. The van der Waals surface area contributed by atoms with Crippen molar-refractivity contribution in [3.05, 3.63) is 57.6 Å². The Morgan fingerprint density at radius 2 is 1.90 bits per heavy atom. The Labute approximate surface area is 175 Å². The number of fused-ring (bicyclic) bond motifs is 1. The van der Waals surface area contributed by atoms with E-state index in [1.54, 1.807) is 13.0 Å². The van der Waals surface area contributed by atoms with Crippen molar-refractivity contribution in [2.75, 3.05) is 19.8 Å². The summed E-state index contributed by atoms with van der Waals surface area (Å²) in [5.74, 6) is 1.66. The highest BCUT2D eigenvalue weighted by molar-refractivity contribution is 5.78. The van der Waals surface area contributed by atoms with Gasteiger partial charge in [0.2, 0.25) is 0 Å². The monoisotopic (exact) mass is 414 g/mol. The SMILES string of the molecule is Cc1cc(OCC(=O)N[C@H](c2ccc3c(c2)OCCCO3)C(C)C)ccc1[N+](=O)[O-]. The minimum Gasteiger partial charge on any atom is -0.490 e. The van der Waals surface area contributed by atoms with Crippen molar-refractivity contribution in [2.45, 2.75) is 33.2 Å². The van der Waals surface area contributed by atoms with E-state index < -0.39 is 4.92 Å². The summed E-state index contributed by atoms with van der Waals surface area (Å²) in [5.41, 5.74) is 1.42. The van der Waals surface area contributed by atoms with Gasteiger partial charge in [-0.2, -0.15) is 0 Å². The number of amides is 1. The maximum absolute atomic E-state index is 12.5. The molecule has 0 spiro atoms. The number of nitrogens with zero attached hydrogens (tertiary/aromatic N) is 1. The van der Waals surface area contributed by atoms with Gasteiger partial charge in [0.25, 0.3) is 11.6 Å². The fourth-order valence-electron chi connectivity index (χ4n) is 3.29. The van der Waals surface area contributed by atoms with Gasteiger partial charge in [0.05, 0.1) is 24.2 Å². The van der Waals surface area contributed by atoms with Gasteiger partial charge in [0, 0.05) is 18.1 Å². The first kappa shape index (κ1) is 21.4. The Bertz CT molecular complexity index is 928. The summed E-state index contributed by atoms with van der Waals surface area (Å²) in [7, 11) is 0. The minimum atomic E-state index is -0.450. The van der Waals surface area contributed by atoms with E-state index in [1.165, 1.54) is 12.1 Å². The molecule has 1 aliphatic rings. The topological polar surface area (TPSA) is 99.9 Å². The van der Waals surface area contributed by atoms with Gasteiger partial charge in [-0.3, -0.25) is 14.9 Å². The van der Waals surface area contributed by atoms with Crippen LogP contribution in [-0.4, -0.2) is 30.7 Å². The highest BCUT2D eigenvalue weighted by atomic mass is 16.6. The lowest BCUT2D eigenvalue weighted by atomic mass is 9.95. The van der Waals surface area contributed by atoms with Gasteiger partial charge in [-0.05, 0) is 42.7 Å². The number of nitro benzene ring substituents is 1. The highest BCUT2D eigenvalue weighted by Crippen LogP contribution is 2.34. The normalized spacial score (nSPS) is 14.0. The molecule has 2 aromatic carbocycles. The second kappa shape index (κ2) is 9.47. The van der Waals surface area contributed by atoms with Gasteiger partial charge in [0.15, 0.2) is 18.1 Å². The summed E-state index contributed by atoms with van der Waals surface area (Å²) in [6.07, 6.45) is 0.827. The highest BCUT2D eigenvalue weighted by Gasteiger charge is 2.21. The van der Waals surface area contributed by atoms with Gasteiger partial charge in [0.1, 0.15) is 5.75 Å². The number of ether oxygens (including phenoxy) is 3. The van der Waals surface area contributed by atoms with Crippen LogP contribution in [0.3, 0.4) is 0 Å². The van der Waals surface area contributed by atoms with Crippen molar-refractivity contribution in [1.29, 1.82) is 0 Å². The van der Waals surface area contributed by atoms with E-state index in [0.717, 1.165) is 12.0 Å². The maximum Gasteiger partial charge on any atom is 0.272 e. The van der Waals surface area contributed by atoms with E-state index in [-0.39, 0.29) is 30.2 Å². The molecule has 1 aliphatic heterocycles. The lowest BCUT2D eigenvalue weighted by Crippen LogP contribution is -2.35. The zero-order chi connectivity index (χ0) is 21.7. The second-order valence-corrected chi connectivity index (χ2v) is 7.54. The van der Waals surface area contributed by atoms with Crippen LogP contribution in [0.1, 0.15) is 37.4 Å². The zero-order valence-corrected chi connectivity index (χ0v) is 17.3. The largest absolute Gasteiger partial charge is 0.490 e. The second-order valence-electron chi connectivity index (χ2n) is 7.54. The number of nitrogens with one attached hydrogen (secondary N) is 1. The smallest absolute Gasteiger partial charge is 0.272 e. The Morgan fingerprint density at radius 3 is 2.57 bits per heavy atom. The summed E-state index contributed by atoms with van der Waals surface area (Å²) in [5, 5.41) is 13.9. The van der Waals surface area contributed by atoms with Crippen LogP contribution in [0.2, 0.25) is 0 Å². The molecule has 1 atom stereocenters. The van der Waals surface area contributed by atoms with E-state index >= 15 is 0 Å². The summed E-state index contributed by atoms with van der Waals surface area (Å²) in [6, 6.07) is 9.89. The molecule has 160 valence electrons. The number of benzene rings is 2. The van der Waals surface area contributed by atoms with Crippen LogP contribution >= 0.6 is 0 Å². The molecular weight excluding hydrogens is 388 g/mol. The molecule has 0 fully saturated rings. The van der Waals surface area contributed by atoms with Crippen molar-refractivity contribution >= 4 is 11.6 Å². The van der Waals surface area contributed by atoms with Crippen molar-refractivity contribution in [2.24, 2.45) is 5.92 Å². The average Bonchev–Trinajstić information content (AvgIpc) is 2.94. The maximum atomic E-state index is 12.5. The molecular formula is C22H26N2O6. The predicted molar refractivity (Wildman–Crippen MR) is 111 cm³/mol. The Hall–Kier alpha value is -3.29. The average molecular weight is 414 g/mol. The van der Waals surface area contributed by atoms with Gasteiger partial charge < -0.3 is 19.5 Å². The number of rotatable bonds is 7. The van der Waals surface area contributed by atoms with Gasteiger partial charge in [-0.25, -0.2) is 0 Å². The third-order valence-electron chi connectivity index (χ3n) is 4.85. The summed E-state index contributed by atoms with van der Waals surface area (Å²) in [4.78, 5) is 23.0. The quantitative estimate of drug-likeness (QED) is 0.544. The van der Waals surface area contributed by atoms with Crippen LogP contribution in [0.15, 0.2) is 36.4 Å². The van der Waals surface area contributed by atoms with Crippen LogP contribution in [0, 0.1) is 23.0 Å². The molecule has 30 heavy (non-hydrogen) atoms. The number of carbonyl (C=O) groups excluding carboxylic acids is 1. The Morgan fingerprint density at radius 1 is 1.17 bits per heavy atom. The first-order valence-corrected chi connectivity index (χ1v) is 9.92. The number of hydrogen-bond acceptors (Lipinski definition) is 6. The van der Waals surface area contributed by atoms with E-state index in [0.29, 0.717) is 36.0 Å². The van der Waals surface area contributed by atoms with E-state index in [4.69, 9.17) is 14.2 Å². The molecule has 0 aromatic heterocycles. The van der Waals surface area contributed by atoms with Gasteiger partial charge in [-0.15, -0.1) is 0 Å². The molecule has 1 heterocycles. The minimum absolute atomic E-state index is 0.0149. The Kier molecular flexibility index (Phi) is 6.76. The number of hydrogen-bond donors (Lipinski definition) is 1. The molecule has 8 nitrogen and oxygen atoms in total. The molecule has 0 saturated heterocycles. The van der Waals surface area contributed by atoms with E-state index in [9.17, 15) is 14.9 Å². The fraction of sp³-hybridized carbons (Fsp3) is 0.409. The predicted octanol–water partition coefficient (Wildman–Crippen LogP) is 3.96. The molecule has 0 saturated carbocycles. The van der Waals surface area contributed by atoms with Gasteiger partial charge in [-0.1, -0.05) is 19.9 Å². The van der Waals surface area contributed by atoms with Crippen molar-refractivity contribution in [1.82, 2.24) is 5.32 Å². The number of carbonyl (C=O) groups is 1. The first-order valence-electron chi connectivity index (χ1n) is 9.92. The molecule has 0 radical (unpaired) electrons. The van der Waals surface area contributed by atoms with Crippen molar-refractivity contribution in [3.8, 4) is 17.2 Å². The van der Waals surface area contributed by atoms with E-state index in [2.05, 4.69) is 5.32 Å². The summed E-state index contributed by atoms with van der Waals surface area (Å²) >= 11 is 0. The summed E-state index contributed by atoms with van der Waals surface area (Å²) in [6.45, 7) is 6.70. The van der Waals surface area contributed by atoms with Crippen LogP contribution in [0.4, 0.5) is 5.69 Å². The van der Waals surface area contributed by atoms with Crippen molar-refractivity contribution in [3.63, 3.8) is 0 Å². The van der Waals surface area contributed by atoms with Crippen LogP contribution in [-0.2, 0) is 4.79 Å². The molecule has 1 N–H and O–H groups in total. The Balaban J connectivity index is 1.65. The molecule has 0 bridgehead atoms. The fourth-order valence-corrected chi connectivity index (χ4v) is 3.29. The number of aryl methyl sites for hydroxylation is 1. The molecule has 0 unspecified atom stereocenters. The lowest BCUT2D eigenvalue weighted by Gasteiger charge is -2.24. The third kappa shape index (κ3) is 5.20. The molecule has 2 aromatic rings. The molecule has 8 heteroatoms. The van der Waals surface area contributed by atoms with Crippen LogP contribution < -0.4 is 19.5 Å². The zero-order valence-electron chi connectivity index (χ0n) is 17.3.